The molecule has 7 heteroatoms. The Balaban J connectivity index is 1.93. The van der Waals surface area contributed by atoms with Crippen LogP contribution in [0.2, 0.25) is 0 Å². The number of ether oxygens (including phenoxy) is 4. The summed E-state index contributed by atoms with van der Waals surface area (Å²) in [6, 6.07) is 7.88. The van der Waals surface area contributed by atoms with Gasteiger partial charge in [-0.2, -0.15) is 0 Å². The van der Waals surface area contributed by atoms with E-state index in [0.29, 0.717) is 41.5 Å². The van der Waals surface area contributed by atoms with Crippen LogP contribution in [-0.4, -0.2) is 39.6 Å². The van der Waals surface area contributed by atoms with Crippen LogP contribution in [-0.2, 0) is 19.5 Å². The Hall–Kier alpha value is -3.19. The van der Waals surface area contributed by atoms with Gasteiger partial charge in [-0.3, -0.25) is 4.79 Å². The molecule has 7 nitrogen and oxygen atoms in total. The number of hydrogen-bond donors (Lipinski definition) is 1. The third kappa shape index (κ3) is 4.57. The summed E-state index contributed by atoms with van der Waals surface area (Å²) < 4.78 is 24.2. The molecule has 1 aromatic heterocycles. The van der Waals surface area contributed by atoms with Crippen LogP contribution in [0.1, 0.15) is 43.7 Å². The highest BCUT2D eigenvalue weighted by molar-refractivity contribution is 5.96. The highest BCUT2D eigenvalue weighted by Crippen LogP contribution is 2.43. The lowest BCUT2D eigenvalue weighted by molar-refractivity contribution is 0.354. The van der Waals surface area contributed by atoms with Crippen molar-refractivity contribution in [3.63, 3.8) is 0 Å². The van der Waals surface area contributed by atoms with Gasteiger partial charge in [0.15, 0.2) is 23.0 Å². The molecule has 1 aliphatic heterocycles. The molecule has 3 aromatic rings. The van der Waals surface area contributed by atoms with Crippen LogP contribution in [0.5, 0.6) is 23.0 Å². The Labute approximate surface area is 207 Å². The van der Waals surface area contributed by atoms with E-state index >= 15 is 0 Å². The number of aryl methyl sites for hydroxylation is 1. The van der Waals surface area contributed by atoms with E-state index < -0.39 is 0 Å². The van der Waals surface area contributed by atoms with Gasteiger partial charge in [-0.1, -0.05) is 26.2 Å². The summed E-state index contributed by atoms with van der Waals surface area (Å²) >= 11 is 0. The molecular formula is C28H36N2O5. The molecule has 188 valence electrons. The molecule has 2 heterocycles. The van der Waals surface area contributed by atoms with E-state index in [9.17, 15) is 4.79 Å². The molecule has 0 fully saturated rings. The summed E-state index contributed by atoms with van der Waals surface area (Å²) in [6.45, 7) is 4.36. The van der Waals surface area contributed by atoms with Gasteiger partial charge in [0.05, 0.1) is 39.5 Å². The molecular weight excluding hydrogens is 444 g/mol. The fourth-order valence-electron chi connectivity index (χ4n) is 5.09. The van der Waals surface area contributed by atoms with Gasteiger partial charge in [-0.15, -0.1) is 0 Å². The number of nitrogens with one attached hydrogen (secondary N) is 1. The fourth-order valence-corrected chi connectivity index (χ4v) is 5.09. The predicted molar refractivity (Wildman–Crippen MR) is 139 cm³/mol. The quantitative estimate of drug-likeness (QED) is 0.393. The molecule has 4 rings (SSSR count). The monoisotopic (exact) mass is 480 g/mol. The van der Waals surface area contributed by atoms with E-state index in [4.69, 9.17) is 18.9 Å². The molecule has 0 atom stereocenters. The third-order valence-electron chi connectivity index (χ3n) is 6.86. The molecule has 0 saturated carbocycles. The van der Waals surface area contributed by atoms with E-state index in [2.05, 4.69) is 12.2 Å². The van der Waals surface area contributed by atoms with Gasteiger partial charge in [-0.25, -0.2) is 0 Å². The van der Waals surface area contributed by atoms with Crippen LogP contribution in [0.4, 0.5) is 0 Å². The number of rotatable bonds is 11. The minimum atomic E-state index is -0.0714. The maximum Gasteiger partial charge on any atom is 0.262 e. The number of pyridine rings is 1. The zero-order chi connectivity index (χ0) is 24.9. The second kappa shape index (κ2) is 11.0. The van der Waals surface area contributed by atoms with E-state index in [-0.39, 0.29) is 5.56 Å². The van der Waals surface area contributed by atoms with Crippen LogP contribution < -0.4 is 29.8 Å². The van der Waals surface area contributed by atoms with Crippen molar-refractivity contribution in [3.05, 3.63) is 45.7 Å². The molecule has 0 unspecified atom stereocenters. The first kappa shape index (κ1) is 24.9. The Morgan fingerprint density at radius 2 is 1.66 bits per heavy atom. The van der Waals surface area contributed by atoms with E-state index in [1.165, 1.54) is 19.3 Å². The number of aromatic nitrogens is 1. The second-order valence-corrected chi connectivity index (χ2v) is 8.86. The summed E-state index contributed by atoms with van der Waals surface area (Å²) in [5, 5.41) is 5.06. The first-order valence-corrected chi connectivity index (χ1v) is 12.4. The van der Waals surface area contributed by atoms with Crippen molar-refractivity contribution in [2.75, 3.05) is 35.0 Å². The maximum atomic E-state index is 13.9. The van der Waals surface area contributed by atoms with Crippen LogP contribution in [0, 0.1) is 0 Å². The smallest absolute Gasteiger partial charge is 0.262 e. The van der Waals surface area contributed by atoms with Gasteiger partial charge in [0.1, 0.15) is 0 Å². The molecule has 1 aliphatic rings. The lowest BCUT2D eigenvalue weighted by Crippen LogP contribution is -2.29. The number of fused-ring (bicyclic) bond motifs is 4. The number of benzene rings is 2. The topological polar surface area (TPSA) is 71.0 Å². The van der Waals surface area contributed by atoms with E-state index in [1.54, 1.807) is 28.4 Å². The zero-order valence-corrected chi connectivity index (χ0v) is 21.5. The minimum absolute atomic E-state index is 0.0714. The van der Waals surface area contributed by atoms with Crippen molar-refractivity contribution < 1.29 is 18.9 Å². The largest absolute Gasteiger partial charge is 0.493 e. The maximum absolute atomic E-state index is 13.9. The molecule has 0 aliphatic carbocycles. The zero-order valence-electron chi connectivity index (χ0n) is 21.5. The molecule has 1 N–H and O–H groups in total. The Morgan fingerprint density at radius 3 is 2.34 bits per heavy atom. The molecule has 2 aromatic carbocycles. The van der Waals surface area contributed by atoms with Crippen LogP contribution in [0.3, 0.4) is 0 Å². The second-order valence-electron chi connectivity index (χ2n) is 8.86. The van der Waals surface area contributed by atoms with Crippen molar-refractivity contribution in [2.45, 2.75) is 52.1 Å². The Kier molecular flexibility index (Phi) is 7.86. The van der Waals surface area contributed by atoms with Gasteiger partial charge in [-0.05, 0) is 60.2 Å². The van der Waals surface area contributed by atoms with Gasteiger partial charge in [0.2, 0.25) is 0 Å². The average molecular weight is 481 g/mol. The van der Waals surface area contributed by atoms with Crippen molar-refractivity contribution in [2.24, 2.45) is 0 Å². The number of unbranched alkanes of at least 4 members (excludes halogenated alkanes) is 3. The normalized spacial score (nSPS) is 12.3. The third-order valence-corrected chi connectivity index (χ3v) is 6.86. The van der Waals surface area contributed by atoms with Gasteiger partial charge < -0.3 is 28.8 Å². The molecule has 35 heavy (non-hydrogen) atoms. The van der Waals surface area contributed by atoms with E-state index in [1.807, 2.05) is 28.8 Å². The van der Waals surface area contributed by atoms with Crippen molar-refractivity contribution in [1.82, 2.24) is 9.88 Å². The summed E-state index contributed by atoms with van der Waals surface area (Å²) in [4.78, 5) is 13.9. The Morgan fingerprint density at radius 1 is 0.914 bits per heavy atom. The van der Waals surface area contributed by atoms with Crippen LogP contribution in [0.25, 0.3) is 22.0 Å². The number of nitrogens with zero attached hydrogens (tertiary/aromatic N) is 1. The predicted octanol–water partition coefficient (Wildman–Crippen LogP) is 4.93. The first-order valence-electron chi connectivity index (χ1n) is 12.4. The van der Waals surface area contributed by atoms with Crippen molar-refractivity contribution in [1.29, 1.82) is 0 Å². The standard InChI is InChI=1S/C28H36N2O5/c1-6-7-8-9-13-29-17-21-19-10-11-22(32-2)27(35-5)25(19)28(31)30-14-12-18-15-23(33-3)24(34-4)16-20(18)26(21)30/h10-11,15-16,29H,6-9,12-14,17H2,1-5H3. The summed E-state index contributed by atoms with van der Waals surface area (Å²) in [5.41, 5.74) is 4.08. The Bertz CT molecular complexity index is 1260. The van der Waals surface area contributed by atoms with Crippen LogP contribution >= 0.6 is 0 Å². The van der Waals surface area contributed by atoms with Gasteiger partial charge >= 0.3 is 0 Å². The van der Waals surface area contributed by atoms with Crippen molar-refractivity contribution >= 4 is 10.8 Å². The SMILES string of the molecule is CCCCCCNCc1c2n(c(=O)c3c(OC)c(OC)ccc13)CCc1cc(OC)c(OC)cc1-2. The first-order chi connectivity index (χ1) is 17.1. The molecule has 0 bridgehead atoms. The number of hydrogen-bond acceptors (Lipinski definition) is 6. The van der Waals surface area contributed by atoms with Crippen LogP contribution in [0.15, 0.2) is 29.1 Å². The number of methoxy groups -OCH3 is 4. The lowest BCUT2D eigenvalue weighted by atomic mass is 9.90. The summed E-state index contributed by atoms with van der Waals surface area (Å²) in [6.07, 6.45) is 5.52. The molecule has 0 radical (unpaired) electrons. The summed E-state index contributed by atoms with van der Waals surface area (Å²) in [7, 11) is 6.45. The highest BCUT2D eigenvalue weighted by atomic mass is 16.5. The molecule has 0 amide bonds. The average Bonchev–Trinajstić information content (AvgIpc) is 2.89. The van der Waals surface area contributed by atoms with Gasteiger partial charge in [0, 0.05) is 18.7 Å². The molecule has 0 saturated heterocycles. The van der Waals surface area contributed by atoms with E-state index in [0.717, 1.165) is 47.2 Å². The molecule has 0 spiro atoms. The summed E-state index contributed by atoms with van der Waals surface area (Å²) in [5.74, 6) is 2.38. The highest BCUT2D eigenvalue weighted by Gasteiger charge is 2.27. The van der Waals surface area contributed by atoms with Gasteiger partial charge in [0.25, 0.3) is 5.56 Å². The lowest BCUT2D eigenvalue weighted by Gasteiger charge is -2.27. The van der Waals surface area contributed by atoms with Crippen molar-refractivity contribution in [3.8, 4) is 34.3 Å². The fraction of sp³-hybridized carbons (Fsp3) is 0.464. The minimum Gasteiger partial charge on any atom is -0.493 e.